The molecule has 0 saturated heterocycles. The Kier molecular flexibility index (Phi) is 3.55. The summed E-state index contributed by atoms with van der Waals surface area (Å²) in [6, 6.07) is 4.00. The van der Waals surface area contributed by atoms with E-state index in [4.69, 9.17) is 17.3 Å². The smallest absolute Gasteiger partial charge is 0.242 e. The number of hydrogen-bond donors (Lipinski definition) is 3. The van der Waals surface area contributed by atoms with Crippen molar-refractivity contribution in [2.24, 2.45) is 5.41 Å². The Morgan fingerprint density at radius 1 is 1.47 bits per heavy atom. The van der Waals surface area contributed by atoms with Gasteiger partial charge in [-0.2, -0.15) is 0 Å². The molecule has 1 aliphatic carbocycles. The number of nitrogens with two attached hydrogens (primary N) is 1. The van der Waals surface area contributed by atoms with Gasteiger partial charge in [-0.3, -0.25) is 0 Å². The van der Waals surface area contributed by atoms with Crippen LogP contribution >= 0.6 is 11.6 Å². The van der Waals surface area contributed by atoms with Crippen LogP contribution in [0.1, 0.15) is 20.3 Å². The standard InChI is InChI=1S/C12H17ClN2O3S/c1-12(2)10(6-11(12)16)15-19(17,18)9-5-7(14)3-4-8(9)13/h3-5,10-11,15-16H,6,14H2,1-2H3. The fourth-order valence-corrected chi connectivity index (χ4v) is 4.02. The Morgan fingerprint density at radius 2 is 2.11 bits per heavy atom. The average molecular weight is 305 g/mol. The monoisotopic (exact) mass is 304 g/mol. The Balaban J connectivity index is 2.27. The molecule has 0 amide bonds. The summed E-state index contributed by atoms with van der Waals surface area (Å²) >= 11 is 5.90. The fourth-order valence-electron chi connectivity index (χ4n) is 2.08. The summed E-state index contributed by atoms with van der Waals surface area (Å²) in [6.45, 7) is 3.63. The van der Waals surface area contributed by atoms with Crippen molar-refractivity contribution in [1.29, 1.82) is 0 Å². The molecule has 0 heterocycles. The lowest BCUT2D eigenvalue weighted by Gasteiger charge is -2.49. The van der Waals surface area contributed by atoms with Gasteiger partial charge in [-0.05, 0) is 24.6 Å². The third-order valence-electron chi connectivity index (χ3n) is 3.76. The highest BCUT2D eigenvalue weighted by molar-refractivity contribution is 7.89. The lowest BCUT2D eigenvalue weighted by Crippen LogP contribution is -2.61. The molecule has 0 radical (unpaired) electrons. The van der Waals surface area contributed by atoms with Crippen LogP contribution < -0.4 is 10.5 Å². The molecule has 1 aromatic carbocycles. The fraction of sp³-hybridized carbons (Fsp3) is 0.500. The van der Waals surface area contributed by atoms with Crippen LogP contribution in [0.2, 0.25) is 5.02 Å². The molecule has 0 aromatic heterocycles. The van der Waals surface area contributed by atoms with Gasteiger partial charge < -0.3 is 10.8 Å². The van der Waals surface area contributed by atoms with E-state index < -0.39 is 21.5 Å². The average Bonchev–Trinajstić information content (AvgIpc) is 2.31. The Morgan fingerprint density at radius 3 is 2.63 bits per heavy atom. The SMILES string of the molecule is CC1(C)C(O)CC1NS(=O)(=O)c1cc(N)ccc1Cl. The van der Waals surface area contributed by atoms with Gasteiger partial charge in [0.2, 0.25) is 10.0 Å². The molecule has 0 spiro atoms. The molecule has 2 rings (SSSR count). The van der Waals surface area contributed by atoms with Crippen LogP contribution in [-0.2, 0) is 10.0 Å². The maximum absolute atomic E-state index is 12.3. The molecule has 7 heteroatoms. The van der Waals surface area contributed by atoms with Gasteiger partial charge in [-0.1, -0.05) is 25.4 Å². The number of aliphatic hydroxyl groups excluding tert-OH is 1. The molecule has 1 aliphatic rings. The molecule has 2 atom stereocenters. The lowest BCUT2D eigenvalue weighted by molar-refractivity contribution is -0.0645. The zero-order valence-electron chi connectivity index (χ0n) is 10.7. The summed E-state index contributed by atoms with van der Waals surface area (Å²) in [5.41, 5.74) is 5.43. The van der Waals surface area contributed by atoms with Crippen LogP contribution in [0.5, 0.6) is 0 Å². The van der Waals surface area contributed by atoms with E-state index in [1.54, 1.807) is 6.07 Å². The molecule has 5 nitrogen and oxygen atoms in total. The minimum absolute atomic E-state index is 0.0358. The van der Waals surface area contributed by atoms with E-state index in [0.29, 0.717) is 12.1 Å². The van der Waals surface area contributed by atoms with E-state index in [-0.39, 0.29) is 16.0 Å². The minimum Gasteiger partial charge on any atom is -0.399 e. The number of nitrogens with one attached hydrogen (secondary N) is 1. The van der Waals surface area contributed by atoms with Crippen molar-refractivity contribution in [3.8, 4) is 0 Å². The van der Waals surface area contributed by atoms with Gasteiger partial charge >= 0.3 is 0 Å². The Bertz CT molecular complexity index is 601. The number of benzene rings is 1. The zero-order chi connectivity index (χ0) is 14.4. The highest BCUT2D eigenvalue weighted by Crippen LogP contribution is 2.41. The molecule has 4 N–H and O–H groups in total. The van der Waals surface area contributed by atoms with Gasteiger partial charge in [0.1, 0.15) is 4.90 Å². The Hall–Kier alpha value is -0.820. The summed E-state index contributed by atoms with van der Waals surface area (Å²) in [5, 5.41) is 9.76. The second kappa shape index (κ2) is 4.63. The van der Waals surface area contributed by atoms with Gasteiger partial charge in [-0.15, -0.1) is 0 Å². The number of anilines is 1. The molecular weight excluding hydrogens is 288 g/mol. The molecule has 1 aromatic rings. The molecule has 1 saturated carbocycles. The van der Waals surface area contributed by atoms with E-state index in [1.165, 1.54) is 12.1 Å². The third-order valence-corrected chi connectivity index (χ3v) is 5.71. The number of rotatable bonds is 3. The first-order valence-corrected chi connectivity index (χ1v) is 7.76. The molecule has 0 bridgehead atoms. The van der Waals surface area contributed by atoms with Gasteiger partial charge in [0.25, 0.3) is 0 Å². The second-order valence-electron chi connectivity index (χ2n) is 5.44. The molecule has 106 valence electrons. The minimum atomic E-state index is -3.74. The lowest BCUT2D eigenvalue weighted by atomic mass is 9.65. The van der Waals surface area contributed by atoms with Crippen LogP contribution in [0.3, 0.4) is 0 Å². The van der Waals surface area contributed by atoms with Crippen molar-refractivity contribution in [3.05, 3.63) is 23.2 Å². The first kappa shape index (κ1) is 14.6. The predicted octanol–water partition coefficient (Wildman–Crippen LogP) is 1.36. The van der Waals surface area contributed by atoms with E-state index in [1.807, 2.05) is 13.8 Å². The van der Waals surface area contributed by atoms with Gasteiger partial charge in [0, 0.05) is 17.1 Å². The zero-order valence-corrected chi connectivity index (χ0v) is 12.3. The molecule has 19 heavy (non-hydrogen) atoms. The number of sulfonamides is 1. The topological polar surface area (TPSA) is 92.4 Å². The number of aliphatic hydroxyl groups is 1. The molecule has 1 fully saturated rings. The summed E-state index contributed by atoms with van der Waals surface area (Å²) in [4.78, 5) is -0.0358. The third kappa shape index (κ3) is 2.58. The van der Waals surface area contributed by atoms with Crippen LogP contribution in [0.25, 0.3) is 0 Å². The van der Waals surface area contributed by atoms with Crippen molar-refractivity contribution < 1.29 is 13.5 Å². The van der Waals surface area contributed by atoms with E-state index in [2.05, 4.69) is 4.72 Å². The Labute approximate surface area is 117 Å². The van der Waals surface area contributed by atoms with Crippen LogP contribution in [-0.4, -0.2) is 25.7 Å². The van der Waals surface area contributed by atoms with Crippen molar-refractivity contribution in [2.45, 2.75) is 37.3 Å². The number of hydrogen-bond acceptors (Lipinski definition) is 4. The molecular formula is C12H17ClN2O3S. The normalized spacial score (nSPS) is 25.9. The van der Waals surface area contributed by atoms with Crippen molar-refractivity contribution >= 4 is 27.3 Å². The maximum atomic E-state index is 12.3. The highest BCUT2D eigenvalue weighted by atomic mass is 35.5. The van der Waals surface area contributed by atoms with Crippen LogP contribution in [0, 0.1) is 5.41 Å². The van der Waals surface area contributed by atoms with Gasteiger partial charge in [0.15, 0.2) is 0 Å². The summed E-state index contributed by atoms with van der Waals surface area (Å²) in [5.74, 6) is 0. The molecule has 2 unspecified atom stereocenters. The van der Waals surface area contributed by atoms with Gasteiger partial charge in [0.05, 0.1) is 11.1 Å². The second-order valence-corrected chi connectivity index (χ2v) is 7.53. The summed E-state index contributed by atoms with van der Waals surface area (Å²) in [6.07, 6.45) is -0.108. The predicted molar refractivity (Wildman–Crippen MR) is 74.4 cm³/mol. The van der Waals surface area contributed by atoms with E-state index in [9.17, 15) is 13.5 Å². The van der Waals surface area contributed by atoms with Gasteiger partial charge in [-0.25, -0.2) is 13.1 Å². The highest BCUT2D eigenvalue weighted by Gasteiger charge is 2.49. The molecule has 0 aliphatic heterocycles. The largest absolute Gasteiger partial charge is 0.399 e. The van der Waals surface area contributed by atoms with Crippen LogP contribution in [0.15, 0.2) is 23.1 Å². The quantitative estimate of drug-likeness (QED) is 0.735. The van der Waals surface area contributed by atoms with Crippen molar-refractivity contribution in [2.75, 3.05) is 5.73 Å². The van der Waals surface area contributed by atoms with E-state index in [0.717, 1.165) is 0 Å². The van der Waals surface area contributed by atoms with Crippen molar-refractivity contribution in [1.82, 2.24) is 4.72 Å². The summed E-state index contributed by atoms with van der Waals surface area (Å²) in [7, 11) is -3.74. The van der Waals surface area contributed by atoms with Crippen LogP contribution in [0.4, 0.5) is 5.69 Å². The number of nitrogen functional groups attached to an aromatic ring is 1. The number of halogens is 1. The summed E-state index contributed by atoms with van der Waals surface area (Å²) < 4.78 is 27.1. The van der Waals surface area contributed by atoms with E-state index >= 15 is 0 Å². The first-order valence-electron chi connectivity index (χ1n) is 5.90. The van der Waals surface area contributed by atoms with Crippen molar-refractivity contribution in [3.63, 3.8) is 0 Å². The maximum Gasteiger partial charge on any atom is 0.242 e. The first-order chi connectivity index (χ1) is 8.64.